The number of ether oxygens (including phenoxy) is 1. The van der Waals surface area contributed by atoms with Gasteiger partial charge in [-0.2, -0.15) is 13.2 Å². The van der Waals surface area contributed by atoms with Gasteiger partial charge in [0.2, 0.25) is 0 Å². The van der Waals surface area contributed by atoms with Crippen LogP contribution in [0.25, 0.3) is 11.3 Å². The van der Waals surface area contributed by atoms with Crippen molar-refractivity contribution >= 4 is 0 Å². The molecule has 122 valence electrons. The lowest BCUT2D eigenvalue weighted by Gasteiger charge is -2.32. The zero-order valence-corrected chi connectivity index (χ0v) is 12.4. The number of hydrogen-bond donors (Lipinski definition) is 1. The number of pyridine rings is 1. The third kappa shape index (κ3) is 3.64. The van der Waals surface area contributed by atoms with E-state index in [1.807, 2.05) is 0 Å². The fourth-order valence-corrected chi connectivity index (χ4v) is 2.65. The number of hydrogen-bond acceptors (Lipinski definition) is 3. The molecule has 1 aromatic carbocycles. The highest BCUT2D eigenvalue weighted by Crippen LogP contribution is 2.35. The summed E-state index contributed by atoms with van der Waals surface area (Å²) in [6.07, 6.45) is -2.72. The van der Waals surface area contributed by atoms with Crippen LogP contribution >= 0.6 is 0 Å². The van der Waals surface area contributed by atoms with Crippen molar-refractivity contribution < 1.29 is 17.9 Å². The predicted molar refractivity (Wildman–Crippen MR) is 80.9 cm³/mol. The molecule has 1 aliphatic carbocycles. The first-order valence-electron chi connectivity index (χ1n) is 7.45. The molecule has 0 bridgehead atoms. The van der Waals surface area contributed by atoms with E-state index >= 15 is 0 Å². The van der Waals surface area contributed by atoms with Gasteiger partial charge in [0.1, 0.15) is 17.1 Å². The maximum Gasteiger partial charge on any atom is 0.433 e. The Morgan fingerprint density at radius 3 is 2.39 bits per heavy atom. The molecule has 3 rings (SSSR count). The number of nitrogens with two attached hydrogens (primary N) is 1. The van der Waals surface area contributed by atoms with Gasteiger partial charge in [-0.1, -0.05) is 30.3 Å². The maximum atomic E-state index is 12.9. The van der Waals surface area contributed by atoms with E-state index in [4.69, 9.17) is 10.5 Å². The summed E-state index contributed by atoms with van der Waals surface area (Å²) >= 11 is 0. The van der Waals surface area contributed by atoms with Crippen LogP contribution in [0.2, 0.25) is 0 Å². The third-order valence-corrected chi connectivity index (χ3v) is 3.94. The van der Waals surface area contributed by atoms with Crippen molar-refractivity contribution in [1.29, 1.82) is 0 Å². The van der Waals surface area contributed by atoms with Gasteiger partial charge in [0.15, 0.2) is 0 Å². The van der Waals surface area contributed by atoms with Crippen LogP contribution in [0.4, 0.5) is 13.2 Å². The Morgan fingerprint density at radius 2 is 1.78 bits per heavy atom. The fraction of sp³-hybridized carbons (Fsp3) is 0.353. The molecular weight excluding hydrogens is 305 g/mol. The topological polar surface area (TPSA) is 48.1 Å². The van der Waals surface area contributed by atoms with Crippen LogP contribution in [0.15, 0.2) is 42.5 Å². The highest BCUT2D eigenvalue weighted by molar-refractivity contribution is 5.66. The fourth-order valence-electron chi connectivity index (χ4n) is 2.65. The first-order chi connectivity index (χ1) is 10.9. The number of halogens is 3. The number of alkyl halides is 3. The van der Waals surface area contributed by atoms with Crippen LogP contribution in [0, 0.1) is 5.92 Å². The molecule has 0 radical (unpaired) electrons. The number of rotatable bonds is 4. The van der Waals surface area contributed by atoms with Gasteiger partial charge >= 0.3 is 6.18 Å². The summed E-state index contributed by atoms with van der Waals surface area (Å²) in [5.74, 6) is 0.723. The average Bonchev–Trinajstić information content (AvgIpc) is 2.50. The molecule has 1 saturated carbocycles. The van der Waals surface area contributed by atoms with Crippen molar-refractivity contribution in [3.05, 3.63) is 48.2 Å². The van der Waals surface area contributed by atoms with E-state index in [1.54, 1.807) is 30.3 Å². The van der Waals surface area contributed by atoms with Gasteiger partial charge in [-0.3, -0.25) is 0 Å². The molecule has 3 nitrogen and oxygen atoms in total. The lowest BCUT2D eigenvalue weighted by molar-refractivity contribution is -0.141. The number of aromatic nitrogens is 1. The summed E-state index contributed by atoms with van der Waals surface area (Å²) in [6.45, 7) is 0.445. The Kier molecular flexibility index (Phi) is 4.26. The number of nitrogens with zero attached hydrogens (tertiary/aromatic N) is 1. The molecule has 6 heteroatoms. The molecule has 0 unspecified atom stereocenters. The molecule has 1 fully saturated rings. The Hall–Kier alpha value is -2.08. The van der Waals surface area contributed by atoms with E-state index in [2.05, 4.69) is 4.98 Å². The lowest BCUT2D eigenvalue weighted by Crippen LogP contribution is -2.39. The van der Waals surface area contributed by atoms with E-state index < -0.39 is 11.9 Å². The second kappa shape index (κ2) is 6.20. The lowest BCUT2D eigenvalue weighted by atomic mass is 9.82. The van der Waals surface area contributed by atoms with Crippen LogP contribution in [0.3, 0.4) is 0 Å². The second-order valence-corrected chi connectivity index (χ2v) is 5.82. The van der Waals surface area contributed by atoms with Gasteiger partial charge in [0.05, 0.1) is 6.61 Å². The molecule has 0 aliphatic heterocycles. The summed E-state index contributed by atoms with van der Waals surface area (Å²) < 4.78 is 44.5. The van der Waals surface area contributed by atoms with E-state index in [0.717, 1.165) is 18.9 Å². The average molecular weight is 322 g/mol. The first kappa shape index (κ1) is 15.8. The monoisotopic (exact) mass is 322 g/mol. The van der Waals surface area contributed by atoms with Crippen molar-refractivity contribution in [3.63, 3.8) is 0 Å². The summed E-state index contributed by atoms with van der Waals surface area (Å²) in [6, 6.07) is 11.3. The van der Waals surface area contributed by atoms with Crippen LogP contribution in [-0.2, 0) is 6.18 Å². The Bertz CT molecular complexity index is 667. The van der Waals surface area contributed by atoms with Gasteiger partial charge in [-0.15, -0.1) is 0 Å². The molecule has 2 aromatic rings. The zero-order valence-electron chi connectivity index (χ0n) is 12.4. The van der Waals surface area contributed by atoms with Crippen LogP contribution in [0.1, 0.15) is 18.5 Å². The quantitative estimate of drug-likeness (QED) is 0.929. The second-order valence-electron chi connectivity index (χ2n) is 5.82. The van der Waals surface area contributed by atoms with E-state index in [1.165, 1.54) is 6.07 Å². The van der Waals surface area contributed by atoms with E-state index in [9.17, 15) is 13.2 Å². The molecule has 0 spiro atoms. The maximum absolute atomic E-state index is 12.9. The zero-order chi connectivity index (χ0) is 16.4. The summed E-state index contributed by atoms with van der Waals surface area (Å²) in [5, 5.41) is 0. The normalized spacial score (nSPS) is 20.9. The van der Waals surface area contributed by atoms with Gasteiger partial charge < -0.3 is 10.5 Å². The Balaban J connectivity index is 1.88. The highest BCUT2D eigenvalue weighted by atomic mass is 19.4. The summed E-state index contributed by atoms with van der Waals surface area (Å²) in [4.78, 5) is 3.78. The molecule has 0 saturated heterocycles. The van der Waals surface area contributed by atoms with Crippen molar-refractivity contribution in [2.24, 2.45) is 11.7 Å². The molecule has 23 heavy (non-hydrogen) atoms. The minimum atomic E-state index is -4.48. The van der Waals surface area contributed by atoms with Crippen LogP contribution < -0.4 is 10.5 Å². The molecule has 0 amide bonds. The SMILES string of the molecule is N[C@H]1C[C@@H](COc2ccc(C(F)(F)F)nc2-c2ccccc2)C1. The van der Waals surface area contributed by atoms with Gasteiger partial charge in [0, 0.05) is 11.6 Å². The minimum absolute atomic E-state index is 0.211. The molecule has 0 atom stereocenters. The highest BCUT2D eigenvalue weighted by Gasteiger charge is 2.33. The van der Waals surface area contributed by atoms with Crippen molar-refractivity contribution in [1.82, 2.24) is 4.98 Å². The van der Waals surface area contributed by atoms with Gasteiger partial charge in [0.25, 0.3) is 0 Å². The third-order valence-electron chi connectivity index (χ3n) is 3.94. The largest absolute Gasteiger partial charge is 0.491 e. The molecule has 2 N–H and O–H groups in total. The Labute approximate surface area is 132 Å². The first-order valence-corrected chi connectivity index (χ1v) is 7.45. The van der Waals surface area contributed by atoms with Crippen LogP contribution in [-0.4, -0.2) is 17.6 Å². The molecule has 1 aromatic heterocycles. The van der Waals surface area contributed by atoms with Crippen molar-refractivity contribution in [3.8, 4) is 17.0 Å². The van der Waals surface area contributed by atoms with Gasteiger partial charge in [-0.05, 0) is 30.9 Å². The predicted octanol–water partition coefficient (Wildman–Crippen LogP) is 3.88. The number of benzene rings is 1. The molecular formula is C17H17F3N2O. The minimum Gasteiger partial charge on any atom is -0.491 e. The van der Waals surface area contributed by atoms with Gasteiger partial charge in [-0.25, -0.2) is 4.98 Å². The summed E-state index contributed by atoms with van der Waals surface area (Å²) in [5.41, 5.74) is 5.62. The van der Waals surface area contributed by atoms with E-state index in [-0.39, 0.29) is 11.7 Å². The van der Waals surface area contributed by atoms with E-state index in [0.29, 0.717) is 23.8 Å². The summed E-state index contributed by atoms with van der Waals surface area (Å²) in [7, 11) is 0. The van der Waals surface area contributed by atoms with Crippen LogP contribution in [0.5, 0.6) is 5.75 Å². The molecule has 1 heterocycles. The van der Waals surface area contributed by atoms with Crippen molar-refractivity contribution in [2.75, 3.05) is 6.61 Å². The smallest absolute Gasteiger partial charge is 0.433 e. The standard InChI is InChI=1S/C17H17F3N2O/c18-17(19,20)15-7-6-14(23-10-11-8-13(21)9-11)16(22-15)12-4-2-1-3-5-12/h1-7,11,13H,8-10,21H2/t11-,13+. The molecule has 1 aliphatic rings. The van der Waals surface area contributed by atoms with Crippen molar-refractivity contribution in [2.45, 2.75) is 25.1 Å². The Morgan fingerprint density at radius 1 is 1.09 bits per heavy atom.